The first-order valence-electron chi connectivity index (χ1n) is 3.93. The van der Waals surface area contributed by atoms with Crippen molar-refractivity contribution in [2.45, 2.75) is 25.1 Å². The molecule has 0 saturated heterocycles. The fourth-order valence-electron chi connectivity index (χ4n) is 0.802. The number of alkyl halides is 3. The number of hydrogen-bond acceptors (Lipinski definition) is 3. The van der Waals surface area contributed by atoms with Gasteiger partial charge < -0.3 is 10.5 Å². The van der Waals surface area contributed by atoms with Gasteiger partial charge in [0.05, 0.1) is 6.61 Å². The summed E-state index contributed by atoms with van der Waals surface area (Å²) in [7, 11) is 0. The fraction of sp³-hybridized carbons (Fsp3) is 0.625. The summed E-state index contributed by atoms with van der Waals surface area (Å²) in [6.45, 7) is 4.37. The lowest BCUT2D eigenvalue weighted by molar-refractivity contribution is -0.204. The van der Waals surface area contributed by atoms with Crippen LogP contribution in [0.15, 0.2) is 12.7 Å². The van der Waals surface area contributed by atoms with Crippen molar-refractivity contribution in [3.05, 3.63) is 12.7 Å². The molecule has 0 amide bonds. The molecule has 0 aliphatic rings. The average Bonchev–Trinajstić information content (AvgIpc) is 2.03. The standard InChI is InChI=1S/C8H12F3NO2/c1-3-5-7(12,8(9,10)11)6(13)14-4-2/h3H,1,4-5,12H2,2H3/t7-/m0/s1. The van der Waals surface area contributed by atoms with Crippen molar-refractivity contribution in [1.29, 1.82) is 0 Å². The fourth-order valence-corrected chi connectivity index (χ4v) is 0.802. The largest absolute Gasteiger partial charge is 0.464 e. The number of halogens is 3. The number of nitrogens with two attached hydrogens (primary N) is 1. The van der Waals surface area contributed by atoms with E-state index in [1.165, 1.54) is 6.92 Å². The van der Waals surface area contributed by atoms with Gasteiger partial charge in [-0.05, 0) is 6.92 Å². The molecule has 14 heavy (non-hydrogen) atoms. The van der Waals surface area contributed by atoms with Crippen molar-refractivity contribution in [3.63, 3.8) is 0 Å². The third-order valence-electron chi connectivity index (χ3n) is 1.61. The maximum atomic E-state index is 12.4. The van der Waals surface area contributed by atoms with Crippen LogP contribution in [-0.4, -0.2) is 24.3 Å². The highest BCUT2D eigenvalue weighted by Gasteiger charge is 2.58. The molecular weight excluding hydrogens is 199 g/mol. The Bertz CT molecular complexity index is 227. The molecule has 0 saturated carbocycles. The van der Waals surface area contributed by atoms with E-state index in [9.17, 15) is 18.0 Å². The second-order valence-corrected chi connectivity index (χ2v) is 2.68. The molecule has 6 heteroatoms. The molecule has 0 bridgehead atoms. The number of carbonyl (C=O) groups is 1. The smallest absolute Gasteiger partial charge is 0.417 e. The lowest BCUT2D eigenvalue weighted by Gasteiger charge is -2.27. The van der Waals surface area contributed by atoms with Crippen LogP contribution in [0.4, 0.5) is 13.2 Å². The highest BCUT2D eigenvalue weighted by molar-refractivity contribution is 5.82. The maximum Gasteiger partial charge on any atom is 0.417 e. The van der Waals surface area contributed by atoms with Crippen LogP contribution in [0, 0.1) is 0 Å². The predicted octanol–water partition coefficient (Wildman–Crippen LogP) is 1.39. The highest BCUT2D eigenvalue weighted by atomic mass is 19.4. The minimum absolute atomic E-state index is 0.148. The van der Waals surface area contributed by atoms with Crippen LogP contribution in [0.1, 0.15) is 13.3 Å². The monoisotopic (exact) mass is 211 g/mol. The summed E-state index contributed by atoms with van der Waals surface area (Å²) in [6, 6.07) is 0. The molecule has 0 aromatic carbocycles. The van der Waals surface area contributed by atoms with Crippen LogP contribution in [0.2, 0.25) is 0 Å². The zero-order chi connectivity index (χ0) is 11.4. The van der Waals surface area contributed by atoms with E-state index in [0.717, 1.165) is 6.08 Å². The lowest BCUT2D eigenvalue weighted by atomic mass is 9.96. The van der Waals surface area contributed by atoms with E-state index < -0.39 is 24.1 Å². The number of esters is 1. The SMILES string of the molecule is C=CC[C@](N)(C(=O)OCC)C(F)(F)F. The van der Waals surface area contributed by atoms with E-state index in [-0.39, 0.29) is 6.61 Å². The maximum absolute atomic E-state index is 12.4. The highest BCUT2D eigenvalue weighted by Crippen LogP contribution is 2.32. The Morgan fingerprint density at radius 2 is 2.07 bits per heavy atom. The molecule has 0 radical (unpaired) electrons. The van der Waals surface area contributed by atoms with Gasteiger partial charge in [-0.2, -0.15) is 13.2 Å². The molecular formula is C8H12F3NO2. The second-order valence-electron chi connectivity index (χ2n) is 2.68. The molecule has 0 fully saturated rings. The third kappa shape index (κ3) is 2.47. The number of rotatable bonds is 4. The Morgan fingerprint density at radius 1 is 1.57 bits per heavy atom. The molecule has 3 nitrogen and oxygen atoms in total. The van der Waals surface area contributed by atoms with Gasteiger partial charge in [0.15, 0.2) is 0 Å². The predicted molar refractivity (Wildman–Crippen MR) is 44.4 cm³/mol. The summed E-state index contributed by atoms with van der Waals surface area (Å²) >= 11 is 0. The summed E-state index contributed by atoms with van der Waals surface area (Å²) < 4.78 is 41.4. The molecule has 82 valence electrons. The average molecular weight is 211 g/mol. The van der Waals surface area contributed by atoms with Gasteiger partial charge in [0.25, 0.3) is 0 Å². The molecule has 0 heterocycles. The van der Waals surface area contributed by atoms with Crippen LogP contribution < -0.4 is 5.73 Å². The Balaban J connectivity index is 4.89. The van der Waals surface area contributed by atoms with Crippen molar-refractivity contribution in [3.8, 4) is 0 Å². The molecule has 0 spiro atoms. The summed E-state index contributed by atoms with van der Waals surface area (Å²) in [5.74, 6) is -1.48. The summed E-state index contributed by atoms with van der Waals surface area (Å²) in [5.41, 5.74) is 1.96. The molecule has 0 aliphatic heterocycles. The third-order valence-corrected chi connectivity index (χ3v) is 1.61. The molecule has 0 rings (SSSR count). The molecule has 0 aromatic rings. The number of hydrogen-bond donors (Lipinski definition) is 1. The first-order chi connectivity index (χ1) is 6.29. The Morgan fingerprint density at radius 3 is 2.36 bits per heavy atom. The van der Waals surface area contributed by atoms with Gasteiger partial charge in [-0.15, -0.1) is 6.58 Å². The van der Waals surface area contributed by atoms with Crippen LogP contribution in [0.3, 0.4) is 0 Å². The quantitative estimate of drug-likeness (QED) is 0.564. The molecule has 2 N–H and O–H groups in total. The van der Waals surface area contributed by atoms with Crippen LogP contribution >= 0.6 is 0 Å². The second kappa shape index (κ2) is 4.45. The topological polar surface area (TPSA) is 52.3 Å². The zero-order valence-corrected chi connectivity index (χ0v) is 7.73. The van der Waals surface area contributed by atoms with Gasteiger partial charge in [0.2, 0.25) is 5.54 Å². The van der Waals surface area contributed by atoms with E-state index in [1.807, 2.05) is 0 Å². The Kier molecular flexibility index (Phi) is 4.12. The van der Waals surface area contributed by atoms with Crippen LogP contribution in [0.25, 0.3) is 0 Å². The van der Waals surface area contributed by atoms with Crippen molar-refractivity contribution in [2.24, 2.45) is 5.73 Å². The van der Waals surface area contributed by atoms with Gasteiger partial charge in [0.1, 0.15) is 0 Å². The van der Waals surface area contributed by atoms with Gasteiger partial charge in [-0.1, -0.05) is 6.08 Å². The lowest BCUT2D eigenvalue weighted by Crippen LogP contribution is -2.60. The van der Waals surface area contributed by atoms with E-state index in [0.29, 0.717) is 0 Å². The number of carbonyl (C=O) groups excluding carboxylic acids is 1. The summed E-state index contributed by atoms with van der Waals surface area (Å²) in [4.78, 5) is 11.0. The van der Waals surface area contributed by atoms with Crippen molar-refractivity contribution >= 4 is 5.97 Å². The van der Waals surface area contributed by atoms with Crippen LogP contribution in [-0.2, 0) is 9.53 Å². The van der Waals surface area contributed by atoms with Crippen molar-refractivity contribution in [1.82, 2.24) is 0 Å². The van der Waals surface area contributed by atoms with Gasteiger partial charge >= 0.3 is 12.1 Å². The van der Waals surface area contributed by atoms with Crippen LogP contribution in [0.5, 0.6) is 0 Å². The summed E-state index contributed by atoms with van der Waals surface area (Å²) in [6.07, 6.45) is -4.60. The van der Waals surface area contributed by atoms with Crippen molar-refractivity contribution < 1.29 is 22.7 Å². The first kappa shape index (κ1) is 13.0. The summed E-state index contributed by atoms with van der Waals surface area (Å²) in [5, 5.41) is 0. The Hall–Kier alpha value is -1.04. The van der Waals surface area contributed by atoms with Gasteiger partial charge in [-0.3, -0.25) is 0 Å². The van der Waals surface area contributed by atoms with E-state index in [1.54, 1.807) is 0 Å². The Labute approximate surface area is 79.7 Å². The van der Waals surface area contributed by atoms with E-state index >= 15 is 0 Å². The molecule has 0 aliphatic carbocycles. The molecule has 0 aromatic heterocycles. The van der Waals surface area contributed by atoms with Crippen molar-refractivity contribution in [2.75, 3.05) is 6.61 Å². The van der Waals surface area contributed by atoms with Gasteiger partial charge in [-0.25, -0.2) is 4.79 Å². The normalized spacial score (nSPS) is 15.8. The van der Waals surface area contributed by atoms with E-state index in [4.69, 9.17) is 5.73 Å². The van der Waals surface area contributed by atoms with E-state index in [2.05, 4.69) is 11.3 Å². The molecule has 0 unspecified atom stereocenters. The van der Waals surface area contributed by atoms with Gasteiger partial charge in [0, 0.05) is 6.42 Å². The molecule has 1 atom stereocenters. The minimum Gasteiger partial charge on any atom is -0.464 e. The number of ether oxygens (including phenoxy) is 1. The zero-order valence-electron chi connectivity index (χ0n) is 7.73. The first-order valence-corrected chi connectivity index (χ1v) is 3.93. The minimum atomic E-state index is -4.84.